The summed E-state index contributed by atoms with van der Waals surface area (Å²) in [5, 5.41) is 15.4. The number of nitrogens with zero attached hydrogens (tertiary/aromatic N) is 4. The maximum atomic E-state index is 13.6. The highest BCUT2D eigenvalue weighted by atomic mass is 19.1. The lowest BCUT2D eigenvalue weighted by molar-refractivity contribution is 0.625. The molecule has 4 aromatic rings. The van der Waals surface area contributed by atoms with E-state index in [1.165, 1.54) is 23.3 Å². The van der Waals surface area contributed by atoms with Crippen molar-refractivity contribution >= 4 is 34.2 Å². The zero-order valence-corrected chi connectivity index (χ0v) is 17.8. The molecular weight excluding hydrogens is 393 g/mol. The summed E-state index contributed by atoms with van der Waals surface area (Å²) in [5.74, 6) is 0.907. The van der Waals surface area contributed by atoms with Crippen LogP contribution in [-0.4, -0.2) is 26.3 Å². The Kier molecular flexibility index (Phi) is 4.78. The van der Waals surface area contributed by atoms with Crippen LogP contribution in [0.3, 0.4) is 0 Å². The lowest BCUT2D eigenvalue weighted by atomic mass is 10.0. The van der Waals surface area contributed by atoms with Crippen LogP contribution >= 0.6 is 0 Å². The van der Waals surface area contributed by atoms with Gasteiger partial charge in [0.1, 0.15) is 5.82 Å². The molecule has 2 aromatic heterocycles. The third-order valence-electron chi connectivity index (χ3n) is 5.67. The summed E-state index contributed by atoms with van der Waals surface area (Å²) >= 11 is 0. The summed E-state index contributed by atoms with van der Waals surface area (Å²) in [6, 6.07) is 9.38. The number of halogens is 1. The summed E-state index contributed by atoms with van der Waals surface area (Å²) in [6.07, 6.45) is 2.81. The van der Waals surface area contributed by atoms with E-state index in [0.717, 1.165) is 47.4 Å². The number of aryl methyl sites for hydroxylation is 3. The highest BCUT2D eigenvalue weighted by Gasteiger charge is 2.15. The first-order valence-corrected chi connectivity index (χ1v) is 10.3. The van der Waals surface area contributed by atoms with Gasteiger partial charge in [0, 0.05) is 31.2 Å². The minimum absolute atomic E-state index is 0.247. The summed E-state index contributed by atoms with van der Waals surface area (Å²) in [4.78, 5) is 9.16. The number of nitrogens with one attached hydrogen (secondary N) is 3. The van der Waals surface area contributed by atoms with Crippen LogP contribution in [0, 0.1) is 19.7 Å². The number of rotatable bonds is 4. The van der Waals surface area contributed by atoms with E-state index in [4.69, 9.17) is 0 Å². The summed E-state index contributed by atoms with van der Waals surface area (Å²) in [5.41, 5.74) is 6.82. The highest BCUT2D eigenvalue weighted by molar-refractivity contribution is 5.90. The predicted molar refractivity (Wildman–Crippen MR) is 121 cm³/mol. The molecule has 0 bridgehead atoms. The molecule has 7 nitrogen and oxygen atoms in total. The van der Waals surface area contributed by atoms with Crippen LogP contribution in [0.25, 0.3) is 11.0 Å². The number of hydrogen-bond donors (Lipinski definition) is 3. The number of benzene rings is 2. The Bertz CT molecular complexity index is 1270. The maximum absolute atomic E-state index is 13.6. The summed E-state index contributed by atoms with van der Waals surface area (Å²) < 4.78 is 15.4. The van der Waals surface area contributed by atoms with Gasteiger partial charge in [-0.3, -0.25) is 0 Å². The molecule has 31 heavy (non-hydrogen) atoms. The first-order chi connectivity index (χ1) is 15.0. The largest absolute Gasteiger partial charge is 0.338 e. The molecule has 2 aromatic carbocycles. The van der Waals surface area contributed by atoms with E-state index in [9.17, 15) is 4.39 Å². The van der Waals surface area contributed by atoms with Gasteiger partial charge in [0.05, 0.1) is 5.39 Å². The zero-order valence-electron chi connectivity index (χ0n) is 17.8. The number of fused-ring (bicyclic) bond motifs is 2. The van der Waals surface area contributed by atoms with Crippen molar-refractivity contribution < 1.29 is 4.39 Å². The number of anilines is 4. The number of hydrogen-bond acceptors (Lipinski definition) is 6. The molecule has 0 radical (unpaired) electrons. The van der Waals surface area contributed by atoms with Crippen molar-refractivity contribution in [1.29, 1.82) is 0 Å². The third-order valence-corrected chi connectivity index (χ3v) is 5.67. The van der Waals surface area contributed by atoms with Crippen LogP contribution in [0.2, 0.25) is 0 Å². The molecule has 1 aliphatic rings. The van der Waals surface area contributed by atoms with Crippen molar-refractivity contribution in [2.45, 2.75) is 26.8 Å². The number of aromatic nitrogens is 4. The summed E-state index contributed by atoms with van der Waals surface area (Å²) in [6.45, 7) is 5.64. The topological polar surface area (TPSA) is 79.7 Å². The molecule has 5 rings (SSSR count). The van der Waals surface area contributed by atoms with E-state index < -0.39 is 0 Å². The van der Waals surface area contributed by atoms with Gasteiger partial charge in [0.25, 0.3) is 0 Å². The lowest BCUT2D eigenvalue weighted by Gasteiger charge is -2.18. The van der Waals surface area contributed by atoms with Crippen molar-refractivity contribution in [2.75, 3.05) is 17.2 Å². The van der Waals surface area contributed by atoms with E-state index in [-0.39, 0.29) is 5.82 Å². The molecular formula is C23H24FN7. The quantitative estimate of drug-likeness (QED) is 0.461. The van der Waals surface area contributed by atoms with Gasteiger partial charge in [-0.15, -0.1) is 0 Å². The van der Waals surface area contributed by atoms with E-state index in [1.54, 1.807) is 10.9 Å². The standard InChI is InChI=1S/C23H24FN7/c1-13-8-17(24)9-14(2)20(13)28-21-19-12-26-23(29-22(19)31(3)30-21)27-18-5-4-15-6-7-25-11-16(15)10-18/h4-5,8-10,12,25H,6-7,11H2,1-3H3,(H,28,30)(H,26,27,29). The second kappa shape index (κ2) is 7.63. The fourth-order valence-corrected chi connectivity index (χ4v) is 4.10. The average molecular weight is 417 g/mol. The molecule has 3 heterocycles. The zero-order chi connectivity index (χ0) is 21.5. The van der Waals surface area contributed by atoms with Crippen LogP contribution in [0.15, 0.2) is 36.5 Å². The van der Waals surface area contributed by atoms with Gasteiger partial charge in [-0.25, -0.2) is 14.1 Å². The van der Waals surface area contributed by atoms with Gasteiger partial charge >= 0.3 is 0 Å². The normalized spacial score (nSPS) is 13.3. The highest BCUT2D eigenvalue weighted by Crippen LogP contribution is 2.29. The Hall–Kier alpha value is -3.52. The van der Waals surface area contributed by atoms with Crippen molar-refractivity contribution in [3.8, 4) is 0 Å². The minimum Gasteiger partial charge on any atom is -0.338 e. The van der Waals surface area contributed by atoms with Crippen LogP contribution in [0.4, 0.5) is 27.5 Å². The molecule has 0 saturated heterocycles. The van der Waals surface area contributed by atoms with E-state index in [1.807, 2.05) is 20.9 Å². The van der Waals surface area contributed by atoms with Gasteiger partial charge in [0.15, 0.2) is 11.5 Å². The second-order valence-corrected chi connectivity index (χ2v) is 7.98. The Labute approximate surface area is 179 Å². The SMILES string of the molecule is Cc1cc(F)cc(C)c1Nc1nn(C)c2nc(Nc3ccc4c(c3)CNCC4)ncc12. The van der Waals surface area contributed by atoms with Crippen molar-refractivity contribution in [3.05, 3.63) is 64.6 Å². The van der Waals surface area contributed by atoms with Crippen LogP contribution < -0.4 is 16.0 Å². The van der Waals surface area contributed by atoms with E-state index in [2.05, 4.69) is 49.2 Å². The van der Waals surface area contributed by atoms with E-state index in [0.29, 0.717) is 17.4 Å². The van der Waals surface area contributed by atoms with Crippen molar-refractivity contribution in [3.63, 3.8) is 0 Å². The molecule has 0 spiro atoms. The predicted octanol–water partition coefficient (Wildman–Crippen LogP) is 4.25. The van der Waals surface area contributed by atoms with E-state index >= 15 is 0 Å². The Morgan fingerprint density at radius 2 is 1.87 bits per heavy atom. The molecule has 158 valence electrons. The van der Waals surface area contributed by atoms with Crippen molar-refractivity contribution in [1.82, 2.24) is 25.1 Å². The second-order valence-electron chi connectivity index (χ2n) is 7.98. The molecule has 8 heteroatoms. The average Bonchev–Trinajstić information content (AvgIpc) is 3.05. The van der Waals surface area contributed by atoms with Gasteiger partial charge in [0.2, 0.25) is 5.95 Å². The summed E-state index contributed by atoms with van der Waals surface area (Å²) in [7, 11) is 1.85. The van der Waals surface area contributed by atoms with Gasteiger partial charge in [-0.05, 0) is 73.3 Å². The fraction of sp³-hybridized carbons (Fsp3) is 0.261. The van der Waals surface area contributed by atoms with Gasteiger partial charge < -0.3 is 16.0 Å². The van der Waals surface area contributed by atoms with Gasteiger partial charge in [-0.1, -0.05) is 6.07 Å². The van der Waals surface area contributed by atoms with Crippen LogP contribution in [0.5, 0.6) is 0 Å². The first-order valence-electron chi connectivity index (χ1n) is 10.3. The molecule has 3 N–H and O–H groups in total. The van der Waals surface area contributed by atoms with Gasteiger partial charge in [-0.2, -0.15) is 10.1 Å². The van der Waals surface area contributed by atoms with Crippen LogP contribution in [-0.2, 0) is 20.0 Å². The smallest absolute Gasteiger partial charge is 0.229 e. The molecule has 0 saturated carbocycles. The molecule has 0 fully saturated rings. The molecule has 0 atom stereocenters. The molecule has 1 aliphatic heterocycles. The van der Waals surface area contributed by atoms with Crippen molar-refractivity contribution in [2.24, 2.45) is 7.05 Å². The lowest BCUT2D eigenvalue weighted by Crippen LogP contribution is -2.23. The molecule has 0 aliphatic carbocycles. The fourth-order valence-electron chi connectivity index (χ4n) is 4.10. The third kappa shape index (κ3) is 3.70. The monoisotopic (exact) mass is 417 g/mol. The van der Waals surface area contributed by atoms with Crippen LogP contribution in [0.1, 0.15) is 22.3 Å². The minimum atomic E-state index is -0.247. The molecule has 0 unspecified atom stereocenters. The molecule has 0 amide bonds. The first kappa shape index (κ1) is 19.4. The Balaban J connectivity index is 1.44. The Morgan fingerprint density at radius 3 is 2.68 bits per heavy atom. The Morgan fingerprint density at radius 1 is 1.06 bits per heavy atom. The maximum Gasteiger partial charge on any atom is 0.229 e.